The summed E-state index contributed by atoms with van der Waals surface area (Å²) in [6.45, 7) is 5.14. The SMILES string of the molecule is CC(C)C1CCN(S(=O)(=O)c2cc(N)cc(Br)c2F)CC1. The number of piperidine rings is 1. The zero-order valence-corrected chi connectivity index (χ0v) is 14.5. The number of rotatable bonds is 3. The van der Waals surface area contributed by atoms with Crippen LogP contribution in [0.2, 0.25) is 0 Å². The highest BCUT2D eigenvalue weighted by molar-refractivity contribution is 9.10. The Hall–Kier alpha value is -0.660. The van der Waals surface area contributed by atoms with E-state index in [-0.39, 0.29) is 15.1 Å². The average Bonchev–Trinajstić information content (AvgIpc) is 2.42. The smallest absolute Gasteiger partial charge is 0.246 e. The van der Waals surface area contributed by atoms with Gasteiger partial charge in [-0.15, -0.1) is 0 Å². The van der Waals surface area contributed by atoms with Gasteiger partial charge in [0.2, 0.25) is 10.0 Å². The molecule has 1 saturated heterocycles. The van der Waals surface area contributed by atoms with Crippen LogP contribution in [-0.2, 0) is 10.0 Å². The monoisotopic (exact) mass is 378 g/mol. The Balaban J connectivity index is 2.28. The third-order valence-corrected chi connectivity index (χ3v) is 6.55. The van der Waals surface area contributed by atoms with Crippen LogP contribution in [-0.4, -0.2) is 25.8 Å². The van der Waals surface area contributed by atoms with Crippen molar-refractivity contribution in [3.8, 4) is 0 Å². The van der Waals surface area contributed by atoms with E-state index in [2.05, 4.69) is 29.8 Å². The molecule has 0 unspecified atom stereocenters. The Morgan fingerprint density at radius 3 is 2.43 bits per heavy atom. The number of nitrogens with zero attached hydrogens (tertiary/aromatic N) is 1. The minimum Gasteiger partial charge on any atom is -0.399 e. The zero-order chi connectivity index (χ0) is 15.8. The van der Waals surface area contributed by atoms with E-state index in [1.54, 1.807) is 0 Å². The molecule has 21 heavy (non-hydrogen) atoms. The number of anilines is 1. The third kappa shape index (κ3) is 3.40. The van der Waals surface area contributed by atoms with Gasteiger partial charge in [0.15, 0.2) is 5.82 Å². The van der Waals surface area contributed by atoms with E-state index in [4.69, 9.17) is 5.73 Å². The summed E-state index contributed by atoms with van der Waals surface area (Å²) in [4.78, 5) is -0.350. The lowest BCUT2D eigenvalue weighted by Crippen LogP contribution is -2.39. The van der Waals surface area contributed by atoms with Crippen molar-refractivity contribution in [3.63, 3.8) is 0 Å². The quantitative estimate of drug-likeness (QED) is 0.821. The molecule has 0 atom stereocenters. The summed E-state index contributed by atoms with van der Waals surface area (Å²) >= 11 is 3.00. The van der Waals surface area contributed by atoms with Crippen molar-refractivity contribution in [2.45, 2.75) is 31.6 Å². The zero-order valence-electron chi connectivity index (χ0n) is 12.1. The van der Waals surface area contributed by atoms with Crippen molar-refractivity contribution < 1.29 is 12.8 Å². The average molecular weight is 379 g/mol. The van der Waals surface area contributed by atoms with Crippen molar-refractivity contribution >= 4 is 31.6 Å². The van der Waals surface area contributed by atoms with Gasteiger partial charge in [0, 0.05) is 18.8 Å². The lowest BCUT2D eigenvalue weighted by atomic mass is 9.87. The molecule has 2 rings (SSSR count). The maximum absolute atomic E-state index is 14.1. The molecule has 1 aromatic rings. The van der Waals surface area contributed by atoms with Crippen LogP contribution in [0.1, 0.15) is 26.7 Å². The molecule has 4 nitrogen and oxygen atoms in total. The fourth-order valence-electron chi connectivity index (χ4n) is 2.69. The Labute approximate surface area is 133 Å². The molecule has 0 radical (unpaired) electrons. The van der Waals surface area contributed by atoms with Crippen molar-refractivity contribution in [3.05, 3.63) is 22.4 Å². The highest BCUT2D eigenvalue weighted by Gasteiger charge is 2.32. The molecule has 2 N–H and O–H groups in total. The highest BCUT2D eigenvalue weighted by atomic mass is 79.9. The maximum atomic E-state index is 14.1. The molecule has 0 amide bonds. The van der Waals surface area contributed by atoms with Crippen LogP contribution in [0.5, 0.6) is 0 Å². The number of benzene rings is 1. The summed E-state index contributed by atoms with van der Waals surface area (Å²) < 4.78 is 40.8. The number of nitrogens with two attached hydrogens (primary N) is 1. The highest BCUT2D eigenvalue weighted by Crippen LogP contribution is 2.32. The minimum absolute atomic E-state index is 0.0677. The Kier molecular flexibility index (Phi) is 4.95. The van der Waals surface area contributed by atoms with E-state index in [0.717, 1.165) is 12.8 Å². The first-order valence-corrected chi connectivity index (χ1v) is 9.21. The van der Waals surface area contributed by atoms with Gasteiger partial charge in [0.1, 0.15) is 4.90 Å². The molecular formula is C14H20BrFN2O2S. The lowest BCUT2D eigenvalue weighted by molar-refractivity contribution is 0.226. The summed E-state index contributed by atoms with van der Waals surface area (Å²) in [7, 11) is -3.84. The van der Waals surface area contributed by atoms with E-state index in [0.29, 0.717) is 24.9 Å². The van der Waals surface area contributed by atoms with Crippen LogP contribution >= 0.6 is 15.9 Å². The van der Waals surface area contributed by atoms with Crippen molar-refractivity contribution in [1.82, 2.24) is 4.31 Å². The Morgan fingerprint density at radius 1 is 1.33 bits per heavy atom. The second-order valence-corrected chi connectivity index (χ2v) is 8.56. The van der Waals surface area contributed by atoms with Gasteiger partial charge in [-0.1, -0.05) is 13.8 Å². The largest absolute Gasteiger partial charge is 0.399 e. The van der Waals surface area contributed by atoms with Crippen LogP contribution in [0.25, 0.3) is 0 Å². The second-order valence-electron chi connectivity index (χ2n) is 5.80. The lowest BCUT2D eigenvalue weighted by Gasteiger charge is -2.33. The number of hydrogen-bond acceptors (Lipinski definition) is 3. The molecule has 1 aromatic carbocycles. The molecule has 1 aliphatic rings. The van der Waals surface area contributed by atoms with Crippen LogP contribution in [0, 0.1) is 17.7 Å². The Bertz CT molecular complexity index is 626. The van der Waals surface area contributed by atoms with Crippen molar-refractivity contribution in [2.24, 2.45) is 11.8 Å². The standard InChI is InChI=1S/C14H20BrFN2O2S/c1-9(2)10-3-5-18(6-4-10)21(19,20)13-8-11(17)7-12(15)14(13)16/h7-10H,3-6,17H2,1-2H3. The fourth-order valence-corrected chi connectivity index (χ4v) is 4.89. The minimum atomic E-state index is -3.84. The summed E-state index contributed by atoms with van der Waals surface area (Å²) in [5.74, 6) is 0.275. The van der Waals surface area contributed by atoms with E-state index in [1.165, 1.54) is 16.4 Å². The normalized spacial score (nSPS) is 18.3. The number of halogens is 2. The first kappa shape index (κ1) is 16.7. The molecule has 0 aromatic heterocycles. The molecule has 0 spiro atoms. The maximum Gasteiger partial charge on any atom is 0.246 e. The van der Waals surface area contributed by atoms with Gasteiger partial charge in [-0.3, -0.25) is 0 Å². The topological polar surface area (TPSA) is 63.4 Å². The van der Waals surface area contributed by atoms with Gasteiger partial charge < -0.3 is 5.73 Å². The third-order valence-electron chi connectivity index (χ3n) is 4.08. The summed E-state index contributed by atoms with van der Waals surface area (Å²) in [5, 5.41) is 0. The van der Waals surface area contributed by atoms with Gasteiger partial charge in [0.25, 0.3) is 0 Å². The van der Waals surface area contributed by atoms with Gasteiger partial charge in [-0.05, 0) is 52.7 Å². The fraction of sp³-hybridized carbons (Fsp3) is 0.571. The van der Waals surface area contributed by atoms with Crippen molar-refractivity contribution in [1.29, 1.82) is 0 Å². The van der Waals surface area contributed by atoms with Crippen molar-refractivity contribution in [2.75, 3.05) is 18.8 Å². The molecule has 1 heterocycles. The van der Waals surface area contributed by atoms with Gasteiger partial charge in [-0.2, -0.15) is 4.31 Å². The number of sulfonamides is 1. The van der Waals surface area contributed by atoms with E-state index in [1.807, 2.05) is 0 Å². The first-order valence-electron chi connectivity index (χ1n) is 6.98. The summed E-state index contributed by atoms with van der Waals surface area (Å²) in [5.41, 5.74) is 5.86. The molecule has 0 bridgehead atoms. The van der Waals surface area contributed by atoms with Gasteiger partial charge in [-0.25, -0.2) is 12.8 Å². The molecule has 118 valence electrons. The van der Waals surface area contributed by atoms with Crippen LogP contribution in [0.3, 0.4) is 0 Å². The first-order chi connectivity index (χ1) is 9.73. The Morgan fingerprint density at radius 2 is 1.90 bits per heavy atom. The summed E-state index contributed by atoms with van der Waals surface area (Å²) in [6.07, 6.45) is 1.62. The molecular weight excluding hydrogens is 359 g/mol. The number of nitrogen functional groups attached to an aromatic ring is 1. The predicted octanol–water partition coefficient (Wildman–Crippen LogP) is 3.23. The van der Waals surface area contributed by atoms with Crippen LogP contribution < -0.4 is 5.73 Å². The number of hydrogen-bond donors (Lipinski definition) is 1. The predicted molar refractivity (Wildman–Crippen MR) is 84.8 cm³/mol. The molecule has 1 aliphatic heterocycles. The van der Waals surface area contributed by atoms with E-state index < -0.39 is 15.8 Å². The molecule has 1 fully saturated rings. The molecule has 7 heteroatoms. The summed E-state index contributed by atoms with van der Waals surface area (Å²) in [6, 6.07) is 2.54. The van der Waals surface area contributed by atoms with E-state index >= 15 is 0 Å². The molecule has 0 saturated carbocycles. The molecule has 0 aliphatic carbocycles. The second kappa shape index (κ2) is 6.22. The van der Waals surface area contributed by atoms with Crippen LogP contribution in [0.15, 0.2) is 21.5 Å². The van der Waals surface area contributed by atoms with Crippen LogP contribution in [0.4, 0.5) is 10.1 Å². The van der Waals surface area contributed by atoms with Gasteiger partial charge in [0.05, 0.1) is 4.47 Å². The van der Waals surface area contributed by atoms with Gasteiger partial charge >= 0.3 is 0 Å². The van der Waals surface area contributed by atoms with E-state index in [9.17, 15) is 12.8 Å².